The summed E-state index contributed by atoms with van der Waals surface area (Å²) in [6, 6.07) is 15.1. The van der Waals surface area contributed by atoms with Crippen LogP contribution in [0.5, 0.6) is 0 Å². The van der Waals surface area contributed by atoms with Crippen LogP contribution in [0, 0.1) is 12.8 Å². The first-order chi connectivity index (χ1) is 14.8. The van der Waals surface area contributed by atoms with Gasteiger partial charge in [0.1, 0.15) is 0 Å². The van der Waals surface area contributed by atoms with Crippen LogP contribution in [0.1, 0.15) is 42.4 Å². The molecule has 0 radical (unpaired) electrons. The fourth-order valence-corrected chi connectivity index (χ4v) is 3.27. The average Bonchev–Trinajstić information content (AvgIpc) is 2.77. The van der Waals surface area contributed by atoms with Gasteiger partial charge in [0, 0.05) is 49.4 Å². The molecule has 2 heterocycles. The van der Waals surface area contributed by atoms with Crippen LogP contribution < -0.4 is 10.2 Å². The van der Waals surface area contributed by atoms with E-state index >= 15 is 0 Å². The van der Waals surface area contributed by atoms with E-state index in [4.69, 9.17) is 0 Å². The Kier molecular flexibility index (Phi) is 7.13. The molecule has 0 fully saturated rings. The van der Waals surface area contributed by atoms with Crippen molar-refractivity contribution >= 4 is 17.5 Å². The number of rotatable bonds is 7. The number of pyridine rings is 2. The summed E-state index contributed by atoms with van der Waals surface area (Å²) in [7, 11) is 0. The fraction of sp³-hybridized carbons (Fsp3) is 0.280. The van der Waals surface area contributed by atoms with Crippen molar-refractivity contribution in [3.63, 3.8) is 0 Å². The predicted octanol–water partition coefficient (Wildman–Crippen LogP) is 4.39. The van der Waals surface area contributed by atoms with Gasteiger partial charge >= 0.3 is 0 Å². The molecule has 31 heavy (non-hydrogen) atoms. The molecule has 0 bridgehead atoms. The summed E-state index contributed by atoms with van der Waals surface area (Å²) in [6.45, 7) is 8.77. The van der Waals surface area contributed by atoms with Gasteiger partial charge in [-0.25, -0.2) is 0 Å². The molecule has 6 nitrogen and oxygen atoms in total. The lowest BCUT2D eigenvalue weighted by atomic mass is 10.1. The molecule has 0 saturated heterocycles. The van der Waals surface area contributed by atoms with Gasteiger partial charge in [-0.15, -0.1) is 0 Å². The topological polar surface area (TPSA) is 75.2 Å². The highest BCUT2D eigenvalue weighted by Gasteiger charge is 2.13. The second kappa shape index (κ2) is 9.98. The molecule has 0 spiro atoms. The van der Waals surface area contributed by atoms with Gasteiger partial charge in [-0.3, -0.25) is 19.6 Å². The van der Waals surface area contributed by atoms with Crippen molar-refractivity contribution in [3.8, 4) is 11.3 Å². The number of benzene rings is 1. The Labute approximate surface area is 183 Å². The number of hydrogen-bond donors (Lipinski definition) is 1. The molecule has 0 unspecified atom stereocenters. The third kappa shape index (κ3) is 5.75. The third-order valence-electron chi connectivity index (χ3n) is 4.98. The lowest BCUT2D eigenvalue weighted by Gasteiger charge is -2.23. The molecule has 1 N–H and O–H groups in total. The molecule has 2 amide bonds. The molecule has 2 aromatic heterocycles. The highest BCUT2D eigenvalue weighted by atomic mass is 16.2. The first-order valence-electron chi connectivity index (χ1n) is 10.4. The van der Waals surface area contributed by atoms with E-state index in [0.717, 1.165) is 28.2 Å². The Balaban J connectivity index is 1.67. The highest BCUT2D eigenvalue weighted by Crippen LogP contribution is 2.23. The monoisotopic (exact) mass is 416 g/mol. The maximum absolute atomic E-state index is 12.4. The smallest absolute Gasteiger partial charge is 0.253 e. The summed E-state index contributed by atoms with van der Waals surface area (Å²) >= 11 is 0. The van der Waals surface area contributed by atoms with Crippen LogP contribution in [0.2, 0.25) is 0 Å². The number of carbonyl (C=O) groups excluding carboxylic acids is 2. The summed E-state index contributed by atoms with van der Waals surface area (Å²) in [4.78, 5) is 34.9. The van der Waals surface area contributed by atoms with Gasteiger partial charge in [-0.2, -0.15) is 0 Å². The summed E-state index contributed by atoms with van der Waals surface area (Å²) in [5.41, 5.74) is 4.95. The SMILES string of the molecule is CC(=O)N(CC(C)C)c1ccc(-c2ccc(C(=O)NCc3cccnc3C)cn2)cc1. The second-order valence-corrected chi connectivity index (χ2v) is 7.93. The Hall–Kier alpha value is -3.54. The lowest BCUT2D eigenvalue weighted by Crippen LogP contribution is -2.32. The molecule has 1 aromatic carbocycles. The fourth-order valence-electron chi connectivity index (χ4n) is 3.27. The number of aryl methyl sites for hydroxylation is 1. The van der Waals surface area contributed by atoms with E-state index in [1.807, 2.05) is 49.4 Å². The number of nitrogens with zero attached hydrogens (tertiary/aromatic N) is 3. The lowest BCUT2D eigenvalue weighted by molar-refractivity contribution is -0.116. The van der Waals surface area contributed by atoms with Crippen molar-refractivity contribution in [1.29, 1.82) is 0 Å². The number of nitrogens with one attached hydrogen (secondary N) is 1. The molecule has 3 rings (SSSR count). The van der Waals surface area contributed by atoms with Crippen molar-refractivity contribution in [2.75, 3.05) is 11.4 Å². The molecule has 0 saturated carbocycles. The van der Waals surface area contributed by atoms with Crippen molar-refractivity contribution in [3.05, 3.63) is 77.7 Å². The average molecular weight is 417 g/mol. The van der Waals surface area contributed by atoms with E-state index in [-0.39, 0.29) is 11.8 Å². The molecule has 0 aliphatic heterocycles. The van der Waals surface area contributed by atoms with Crippen molar-refractivity contribution in [1.82, 2.24) is 15.3 Å². The number of amides is 2. The maximum Gasteiger partial charge on any atom is 0.253 e. The van der Waals surface area contributed by atoms with Crippen molar-refractivity contribution in [2.24, 2.45) is 5.92 Å². The Bertz CT molecular complexity index is 1040. The van der Waals surface area contributed by atoms with Crippen molar-refractivity contribution in [2.45, 2.75) is 34.2 Å². The maximum atomic E-state index is 12.4. The van der Waals surface area contributed by atoms with E-state index in [1.165, 1.54) is 0 Å². The quantitative estimate of drug-likeness (QED) is 0.620. The van der Waals surface area contributed by atoms with Gasteiger partial charge in [0.25, 0.3) is 5.91 Å². The summed E-state index contributed by atoms with van der Waals surface area (Å²) in [6.07, 6.45) is 3.31. The van der Waals surface area contributed by atoms with Crippen LogP contribution in [0.15, 0.2) is 60.9 Å². The molecule has 6 heteroatoms. The minimum Gasteiger partial charge on any atom is -0.348 e. The number of carbonyl (C=O) groups is 2. The van der Waals surface area contributed by atoms with E-state index < -0.39 is 0 Å². The van der Waals surface area contributed by atoms with E-state index in [0.29, 0.717) is 24.6 Å². The first-order valence-corrected chi connectivity index (χ1v) is 10.4. The molecule has 0 aliphatic rings. The summed E-state index contributed by atoms with van der Waals surface area (Å²) < 4.78 is 0. The zero-order valence-corrected chi connectivity index (χ0v) is 18.4. The van der Waals surface area contributed by atoms with Crippen LogP contribution in [-0.4, -0.2) is 28.3 Å². The molecular weight excluding hydrogens is 388 g/mol. The summed E-state index contributed by atoms with van der Waals surface area (Å²) in [5, 5.41) is 2.90. The normalized spacial score (nSPS) is 10.7. The third-order valence-corrected chi connectivity index (χ3v) is 4.98. The van der Waals surface area contributed by atoms with Gasteiger partial charge in [0.05, 0.1) is 11.3 Å². The van der Waals surface area contributed by atoms with Gasteiger partial charge < -0.3 is 10.2 Å². The largest absolute Gasteiger partial charge is 0.348 e. The number of hydrogen-bond acceptors (Lipinski definition) is 4. The number of aromatic nitrogens is 2. The van der Waals surface area contributed by atoms with Gasteiger partial charge in [0.2, 0.25) is 5.91 Å². The van der Waals surface area contributed by atoms with Crippen LogP contribution >= 0.6 is 0 Å². The Morgan fingerprint density at radius 2 is 1.77 bits per heavy atom. The molecule has 0 atom stereocenters. The van der Waals surface area contributed by atoms with Gasteiger partial charge in [-0.1, -0.05) is 32.0 Å². The summed E-state index contributed by atoms with van der Waals surface area (Å²) in [5.74, 6) is 0.228. The van der Waals surface area contributed by atoms with Crippen molar-refractivity contribution < 1.29 is 9.59 Å². The van der Waals surface area contributed by atoms with Crippen LogP contribution in [-0.2, 0) is 11.3 Å². The minimum absolute atomic E-state index is 0.0245. The molecular formula is C25H28N4O2. The first kappa shape index (κ1) is 22.2. The molecule has 0 aliphatic carbocycles. The zero-order chi connectivity index (χ0) is 22.4. The van der Waals surface area contributed by atoms with Gasteiger partial charge in [-0.05, 0) is 48.7 Å². The van der Waals surface area contributed by atoms with Crippen LogP contribution in [0.25, 0.3) is 11.3 Å². The zero-order valence-electron chi connectivity index (χ0n) is 18.4. The Morgan fingerprint density at radius 1 is 1.03 bits per heavy atom. The standard InChI is InChI=1S/C25H28N4O2/c1-17(2)16-29(19(4)30)23-10-7-20(8-11-23)24-12-9-22(15-27-24)25(31)28-14-21-6-5-13-26-18(21)3/h5-13,15,17H,14,16H2,1-4H3,(H,28,31). The second-order valence-electron chi connectivity index (χ2n) is 7.93. The van der Waals surface area contributed by atoms with E-state index in [1.54, 1.807) is 30.3 Å². The minimum atomic E-state index is -0.177. The van der Waals surface area contributed by atoms with Crippen LogP contribution in [0.4, 0.5) is 5.69 Å². The van der Waals surface area contributed by atoms with E-state index in [9.17, 15) is 9.59 Å². The van der Waals surface area contributed by atoms with Crippen LogP contribution in [0.3, 0.4) is 0 Å². The van der Waals surface area contributed by atoms with Gasteiger partial charge in [0.15, 0.2) is 0 Å². The number of anilines is 1. The Morgan fingerprint density at radius 3 is 2.35 bits per heavy atom. The van der Waals surface area contributed by atoms with E-state index in [2.05, 4.69) is 29.1 Å². The molecule has 160 valence electrons. The molecule has 3 aromatic rings. The highest BCUT2D eigenvalue weighted by molar-refractivity contribution is 5.94. The predicted molar refractivity (Wildman–Crippen MR) is 123 cm³/mol.